The van der Waals surface area contributed by atoms with Crippen LogP contribution in [0.4, 0.5) is 5.69 Å². The van der Waals surface area contributed by atoms with Crippen molar-refractivity contribution in [2.45, 2.75) is 56.5 Å². The van der Waals surface area contributed by atoms with Crippen molar-refractivity contribution in [3.63, 3.8) is 0 Å². The molecule has 3 aromatic carbocycles. The third-order valence-corrected chi connectivity index (χ3v) is 9.13. The summed E-state index contributed by atoms with van der Waals surface area (Å²) < 4.78 is 29.3. The Labute approximate surface area is 208 Å². The van der Waals surface area contributed by atoms with Crippen LogP contribution in [0.1, 0.15) is 42.9 Å². The van der Waals surface area contributed by atoms with Gasteiger partial charge in [-0.25, -0.2) is 8.42 Å². The van der Waals surface area contributed by atoms with E-state index in [2.05, 4.69) is 0 Å². The van der Waals surface area contributed by atoms with Gasteiger partial charge in [0.2, 0.25) is 15.9 Å². The smallest absolute Gasteiger partial charge is 0.243 e. The molecule has 1 aliphatic carbocycles. The maximum Gasteiger partial charge on any atom is 0.243 e. The fraction of sp³-hybridized carbons (Fsp3) is 0.345. The quantitative estimate of drug-likeness (QED) is 0.438. The molecule has 0 saturated heterocycles. The van der Waals surface area contributed by atoms with E-state index in [0.29, 0.717) is 30.8 Å². The SMILES string of the molecule is C[C@H]1Cc2cc(S(=O)(=O)N(CCc3ccccc3)Cc3ccccc3)ccc2N1C(=O)C1CCC1. The van der Waals surface area contributed by atoms with E-state index in [1.807, 2.05) is 78.6 Å². The van der Waals surface area contributed by atoms with E-state index < -0.39 is 10.0 Å². The number of anilines is 1. The largest absolute Gasteiger partial charge is 0.309 e. The number of carbonyl (C=O) groups is 1. The highest BCUT2D eigenvalue weighted by atomic mass is 32.2. The van der Waals surface area contributed by atoms with Gasteiger partial charge in [0.05, 0.1) is 4.90 Å². The van der Waals surface area contributed by atoms with Crippen molar-refractivity contribution in [3.05, 3.63) is 95.6 Å². The van der Waals surface area contributed by atoms with Gasteiger partial charge in [-0.05, 0) is 67.5 Å². The Kier molecular flexibility index (Phi) is 6.76. The molecule has 182 valence electrons. The second-order valence-electron chi connectivity index (χ2n) is 9.74. The van der Waals surface area contributed by atoms with E-state index in [0.717, 1.165) is 41.6 Å². The molecular formula is C29H32N2O3S. The first kappa shape index (κ1) is 23.8. The summed E-state index contributed by atoms with van der Waals surface area (Å²) in [7, 11) is -3.73. The first-order chi connectivity index (χ1) is 16.9. The summed E-state index contributed by atoms with van der Waals surface area (Å²) in [6, 6.07) is 25.0. The minimum absolute atomic E-state index is 0.0505. The molecular weight excluding hydrogens is 456 g/mol. The van der Waals surface area contributed by atoms with Crippen molar-refractivity contribution in [1.29, 1.82) is 0 Å². The standard InChI is InChI=1S/C29H32N2O3S/c1-22-19-26-20-27(15-16-28(26)31(22)29(32)25-13-8-14-25)35(33,34)30(21-24-11-6-3-7-12-24)18-17-23-9-4-2-5-10-23/h2-7,9-12,15-16,20,22,25H,8,13-14,17-19,21H2,1H3/t22-/m0/s1. The Morgan fingerprint density at radius 3 is 2.23 bits per heavy atom. The first-order valence-electron chi connectivity index (χ1n) is 12.5. The molecule has 1 atom stereocenters. The van der Waals surface area contributed by atoms with Crippen molar-refractivity contribution < 1.29 is 13.2 Å². The number of hydrogen-bond donors (Lipinski definition) is 0. The summed E-state index contributed by atoms with van der Waals surface area (Å²) in [6.07, 6.45) is 4.35. The van der Waals surface area contributed by atoms with E-state index in [9.17, 15) is 13.2 Å². The average molecular weight is 489 g/mol. The number of benzene rings is 3. The lowest BCUT2D eigenvalue weighted by Gasteiger charge is -2.32. The van der Waals surface area contributed by atoms with Crippen LogP contribution in [0, 0.1) is 5.92 Å². The van der Waals surface area contributed by atoms with Gasteiger partial charge in [0.1, 0.15) is 0 Å². The second-order valence-corrected chi connectivity index (χ2v) is 11.7. The molecule has 0 bridgehead atoms. The van der Waals surface area contributed by atoms with Gasteiger partial charge in [-0.15, -0.1) is 0 Å². The Morgan fingerprint density at radius 2 is 1.60 bits per heavy atom. The molecule has 3 aromatic rings. The van der Waals surface area contributed by atoms with Gasteiger partial charge in [-0.2, -0.15) is 4.31 Å². The normalized spacial score (nSPS) is 17.9. The van der Waals surface area contributed by atoms with Crippen LogP contribution in [0.15, 0.2) is 83.8 Å². The molecule has 0 radical (unpaired) electrons. The Balaban J connectivity index is 1.42. The number of rotatable bonds is 8. The lowest BCUT2D eigenvalue weighted by molar-refractivity contribution is -0.125. The summed E-state index contributed by atoms with van der Waals surface area (Å²) in [6.45, 7) is 2.75. The van der Waals surface area contributed by atoms with Crippen molar-refractivity contribution >= 4 is 21.6 Å². The zero-order chi connectivity index (χ0) is 24.4. The van der Waals surface area contributed by atoms with Crippen molar-refractivity contribution in [3.8, 4) is 0 Å². The second kappa shape index (κ2) is 9.96. The Hall–Kier alpha value is -2.96. The number of sulfonamides is 1. The van der Waals surface area contributed by atoms with Gasteiger partial charge in [-0.1, -0.05) is 67.1 Å². The predicted octanol–water partition coefficient (Wildman–Crippen LogP) is 5.20. The van der Waals surface area contributed by atoms with E-state index in [-0.39, 0.29) is 17.9 Å². The van der Waals surface area contributed by atoms with Gasteiger partial charge in [0.15, 0.2) is 0 Å². The topological polar surface area (TPSA) is 57.7 Å². The van der Waals surface area contributed by atoms with Crippen LogP contribution >= 0.6 is 0 Å². The van der Waals surface area contributed by atoms with Crippen molar-refractivity contribution in [2.24, 2.45) is 5.92 Å². The van der Waals surface area contributed by atoms with Gasteiger partial charge < -0.3 is 4.90 Å². The third kappa shape index (κ3) is 4.91. The molecule has 0 N–H and O–H groups in total. The lowest BCUT2D eigenvalue weighted by atomic mass is 9.84. The van der Waals surface area contributed by atoms with E-state index >= 15 is 0 Å². The highest BCUT2D eigenvalue weighted by molar-refractivity contribution is 7.89. The molecule has 1 saturated carbocycles. The number of carbonyl (C=O) groups excluding carboxylic acids is 1. The summed E-state index contributed by atoms with van der Waals surface area (Å²) in [5.74, 6) is 0.304. The highest BCUT2D eigenvalue weighted by Gasteiger charge is 2.38. The van der Waals surface area contributed by atoms with E-state index in [1.165, 1.54) is 0 Å². The summed E-state index contributed by atoms with van der Waals surface area (Å²) >= 11 is 0. The maximum atomic E-state index is 13.9. The molecule has 1 aliphatic heterocycles. The van der Waals surface area contributed by atoms with Crippen LogP contribution in [-0.2, 0) is 34.2 Å². The van der Waals surface area contributed by atoms with Gasteiger partial charge in [0, 0.05) is 30.7 Å². The molecule has 2 aliphatic rings. The first-order valence-corrected chi connectivity index (χ1v) is 13.9. The summed E-state index contributed by atoms with van der Waals surface area (Å²) in [5, 5.41) is 0. The molecule has 1 amide bonds. The van der Waals surface area contributed by atoms with E-state index in [4.69, 9.17) is 0 Å². The molecule has 1 fully saturated rings. The molecule has 5 nitrogen and oxygen atoms in total. The van der Waals surface area contributed by atoms with Gasteiger partial charge >= 0.3 is 0 Å². The lowest BCUT2D eigenvalue weighted by Crippen LogP contribution is -2.42. The van der Waals surface area contributed by atoms with Crippen molar-refractivity contribution in [1.82, 2.24) is 4.31 Å². The average Bonchev–Trinajstić information content (AvgIpc) is 3.16. The van der Waals surface area contributed by atoms with Crippen LogP contribution in [0.2, 0.25) is 0 Å². The zero-order valence-corrected chi connectivity index (χ0v) is 21.0. The van der Waals surface area contributed by atoms with Crippen LogP contribution in [-0.4, -0.2) is 31.2 Å². The van der Waals surface area contributed by atoms with Crippen LogP contribution < -0.4 is 4.90 Å². The van der Waals surface area contributed by atoms with Gasteiger partial charge in [-0.3, -0.25) is 4.79 Å². The fourth-order valence-electron chi connectivity index (χ4n) is 5.07. The number of hydrogen-bond acceptors (Lipinski definition) is 3. The molecule has 5 rings (SSSR count). The third-order valence-electron chi connectivity index (χ3n) is 7.29. The minimum atomic E-state index is -3.73. The number of nitrogens with zero attached hydrogens (tertiary/aromatic N) is 2. The molecule has 0 spiro atoms. The fourth-order valence-corrected chi connectivity index (χ4v) is 6.55. The maximum absolute atomic E-state index is 13.9. The zero-order valence-electron chi connectivity index (χ0n) is 20.1. The molecule has 0 unspecified atom stereocenters. The van der Waals surface area contributed by atoms with Gasteiger partial charge in [0.25, 0.3) is 0 Å². The molecule has 35 heavy (non-hydrogen) atoms. The monoisotopic (exact) mass is 488 g/mol. The molecule has 0 aromatic heterocycles. The number of amides is 1. The Bertz CT molecular complexity index is 1290. The summed E-state index contributed by atoms with van der Waals surface area (Å²) in [5.41, 5.74) is 3.87. The van der Waals surface area contributed by atoms with Crippen LogP contribution in [0.3, 0.4) is 0 Å². The highest BCUT2D eigenvalue weighted by Crippen LogP contribution is 2.38. The number of fused-ring (bicyclic) bond motifs is 1. The summed E-state index contributed by atoms with van der Waals surface area (Å²) in [4.78, 5) is 15.2. The predicted molar refractivity (Wildman–Crippen MR) is 139 cm³/mol. The molecule has 1 heterocycles. The Morgan fingerprint density at radius 1 is 0.943 bits per heavy atom. The van der Waals surface area contributed by atoms with Crippen LogP contribution in [0.25, 0.3) is 0 Å². The van der Waals surface area contributed by atoms with Crippen LogP contribution in [0.5, 0.6) is 0 Å². The van der Waals surface area contributed by atoms with E-state index in [1.54, 1.807) is 16.4 Å². The van der Waals surface area contributed by atoms with Crippen molar-refractivity contribution in [2.75, 3.05) is 11.4 Å². The minimum Gasteiger partial charge on any atom is -0.309 e. The molecule has 6 heteroatoms.